The molecule has 0 atom stereocenters. The van der Waals surface area contributed by atoms with Crippen LogP contribution in [0.5, 0.6) is 5.75 Å². The van der Waals surface area contributed by atoms with E-state index in [0.717, 1.165) is 0 Å². The van der Waals surface area contributed by atoms with Crippen molar-refractivity contribution in [1.29, 1.82) is 0 Å². The molecule has 6 heteroatoms. The van der Waals surface area contributed by atoms with E-state index < -0.39 is 5.41 Å². The topological polar surface area (TPSA) is 74.6 Å². The van der Waals surface area contributed by atoms with Crippen LogP contribution in [-0.4, -0.2) is 36.3 Å². The van der Waals surface area contributed by atoms with Crippen molar-refractivity contribution in [1.82, 2.24) is 4.57 Å². The Kier molecular flexibility index (Phi) is 4.68. The zero-order valence-corrected chi connectivity index (χ0v) is 16.2. The van der Waals surface area contributed by atoms with Gasteiger partial charge in [0, 0.05) is 18.2 Å². The second-order valence-corrected chi connectivity index (χ2v) is 7.56. The summed E-state index contributed by atoms with van der Waals surface area (Å²) < 4.78 is 12.1. The lowest BCUT2D eigenvalue weighted by molar-refractivity contribution is -0.142. The number of hydrogen-bond donors (Lipinski definition) is 0. The quantitative estimate of drug-likeness (QED) is 0.647. The molecular weight excluding hydrogens is 346 g/mol. The third kappa shape index (κ3) is 3.05. The second-order valence-electron chi connectivity index (χ2n) is 7.56. The number of nitrogens with zero attached hydrogens (tertiary/aromatic N) is 1. The lowest BCUT2D eigenvalue weighted by atomic mass is 9.83. The first-order chi connectivity index (χ1) is 12.7. The van der Waals surface area contributed by atoms with E-state index in [2.05, 4.69) is 0 Å². The van der Waals surface area contributed by atoms with Crippen LogP contribution in [0.2, 0.25) is 0 Å². The van der Waals surface area contributed by atoms with Crippen LogP contribution in [0, 0.1) is 5.41 Å². The lowest BCUT2D eigenvalue weighted by Crippen LogP contribution is -2.23. The first-order valence-electron chi connectivity index (χ1n) is 8.72. The van der Waals surface area contributed by atoms with Crippen molar-refractivity contribution < 1.29 is 23.9 Å². The molecule has 0 saturated carbocycles. The van der Waals surface area contributed by atoms with Crippen molar-refractivity contribution in [3.8, 4) is 5.75 Å². The average Bonchev–Trinajstić information content (AvgIpc) is 2.91. The molecule has 0 amide bonds. The van der Waals surface area contributed by atoms with Gasteiger partial charge in [0.15, 0.2) is 11.5 Å². The Morgan fingerprint density at radius 1 is 1.07 bits per heavy atom. The summed E-state index contributed by atoms with van der Waals surface area (Å²) in [7, 11) is 4.60. The van der Waals surface area contributed by atoms with Gasteiger partial charge in [0.2, 0.25) is 5.78 Å². The summed E-state index contributed by atoms with van der Waals surface area (Å²) in [4.78, 5) is 37.8. The van der Waals surface area contributed by atoms with E-state index in [1.165, 1.54) is 14.2 Å². The fraction of sp³-hybridized carbons (Fsp3) is 0.381. The van der Waals surface area contributed by atoms with E-state index in [1.807, 2.05) is 13.8 Å². The zero-order valence-electron chi connectivity index (χ0n) is 16.2. The fourth-order valence-electron chi connectivity index (χ4n) is 3.72. The molecule has 142 valence electrons. The zero-order chi connectivity index (χ0) is 19.9. The molecule has 0 fully saturated rings. The van der Waals surface area contributed by atoms with Crippen LogP contribution in [-0.2, 0) is 23.0 Å². The highest BCUT2D eigenvalue weighted by Crippen LogP contribution is 2.40. The number of methoxy groups -OCH3 is 2. The van der Waals surface area contributed by atoms with E-state index in [9.17, 15) is 14.4 Å². The summed E-state index contributed by atoms with van der Waals surface area (Å²) in [6.07, 6.45) is 0.663. The predicted molar refractivity (Wildman–Crippen MR) is 99.4 cm³/mol. The molecule has 1 aliphatic carbocycles. The molecule has 0 spiro atoms. The van der Waals surface area contributed by atoms with Gasteiger partial charge in [-0.25, -0.2) is 0 Å². The number of carbonyl (C=O) groups is 3. The number of benzene rings is 1. The van der Waals surface area contributed by atoms with Gasteiger partial charge in [-0.15, -0.1) is 0 Å². The summed E-state index contributed by atoms with van der Waals surface area (Å²) >= 11 is 0. The summed E-state index contributed by atoms with van der Waals surface area (Å²) in [5, 5.41) is 0. The average molecular weight is 369 g/mol. The summed E-state index contributed by atoms with van der Waals surface area (Å²) in [6.45, 7) is 3.88. The Hall–Kier alpha value is -2.89. The molecule has 6 nitrogen and oxygen atoms in total. The molecule has 0 N–H and O–H groups in total. The van der Waals surface area contributed by atoms with Gasteiger partial charge in [0.25, 0.3) is 0 Å². The van der Waals surface area contributed by atoms with Gasteiger partial charge in [0.1, 0.15) is 5.69 Å². The van der Waals surface area contributed by atoms with Crippen molar-refractivity contribution in [2.75, 3.05) is 14.2 Å². The van der Waals surface area contributed by atoms with Crippen molar-refractivity contribution in [2.24, 2.45) is 12.5 Å². The predicted octanol–water partition coefficient (Wildman–Crippen LogP) is 2.94. The highest BCUT2D eigenvalue weighted by Gasteiger charge is 2.39. The summed E-state index contributed by atoms with van der Waals surface area (Å²) in [5.74, 6) is -0.321. The van der Waals surface area contributed by atoms with Gasteiger partial charge in [-0.2, -0.15) is 0 Å². The first-order valence-corrected chi connectivity index (χ1v) is 8.72. The molecule has 1 aliphatic rings. The van der Waals surface area contributed by atoms with E-state index in [1.54, 1.807) is 35.9 Å². The molecule has 1 aromatic heterocycles. The molecule has 0 bridgehead atoms. The van der Waals surface area contributed by atoms with Crippen molar-refractivity contribution in [3.63, 3.8) is 0 Å². The van der Waals surface area contributed by atoms with Gasteiger partial charge in [0.05, 0.1) is 31.9 Å². The van der Waals surface area contributed by atoms with Crippen LogP contribution < -0.4 is 4.74 Å². The van der Waals surface area contributed by atoms with Crippen LogP contribution in [0.3, 0.4) is 0 Å². The highest BCUT2D eigenvalue weighted by atomic mass is 16.5. The number of fused-ring (bicyclic) bond motifs is 2. The Morgan fingerprint density at radius 3 is 2.22 bits per heavy atom. The molecule has 0 radical (unpaired) electrons. The van der Waals surface area contributed by atoms with Crippen LogP contribution in [0.1, 0.15) is 57.9 Å². The number of rotatable bonds is 5. The minimum absolute atomic E-state index is 0.196. The molecule has 27 heavy (non-hydrogen) atoms. The van der Waals surface area contributed by atoms with Gasteiger partial charge in [-0.3, -0.25) is 14.4 Å². The van der Waals surface area contributed by atoms with E-state index in [-0.39, 0.29) is 24.0 Å². The molecule has 0 saturated heterocycles. The Balaban J connectivity index is 2.13. The van der Waals surface area contributed by atoms with Crippen LogP contribution >= 0.6 is 0 Å². The van der Waals surface area contributed by atoms with Crippen LogP contribution in [0.25, 0.3) is 0 Å². The third-order valence-corrected chi connectivity index (χ3v) is 5.03. The van der Waals surface area contributed by atoms with Crippen molar-refractivity contribution >= 4 is 17.5 Å². The van der Waals surface area contributed by atoms with E-state index >= 15 is 0 Å². The third-order valence-electron chi connectivity index (χ3n) is 5.03. The first kappa shape index (κ1) is 18.9. The van der Waals surface area contributed by atoms with Gasteiger partial charge >= 0.3 is 5.97 Å². The number of esters is 1. The number of aromatic nitrogens is 1. The molecule has 3 rings (SSSR count). The Bertz CT molecular complexity index is 952. The Morgan fingerprint density at radius 2 is 1.67 bits per heavy atom. The van der Waals surface area contributed by atoms with Gasteiger partial charge in [-0.1, -0.05) is 38.1 Å². The fourth-order valence-corrected chi connectivity index (χ4v) is 3.72. The van der Waals surface area contributed by atoms with Crippen LogP contribution in [0.15, 0.2) is 24.3 Å². The van der Waals surface area contributed by atoms with Crippen LogP contribution in [0.4, 0.5) is 0 Å². The highest BCUT2D eigenvalue weighted by molar-refractivity contribution is 6.29. The van der Waals surface area contributed by atoms with E-state index in [4.69, 9.17) is 9.47 Å². The Labute approximate surface area is 158 Å². The smallest absolute Gasteiger partial charge is 0.306 e. The van der Waals surface area contributed by atoms with Crippen molar-refractivity contribution in [3.05, 3.63) is 52.3 Å². The molecule has 1 aromatic carbocycles. The molecule has 2 aromatic rings. The summed E-state index contributed by atoms with van der Waals surface area (Å²) in [6, 6.07) is 6.81. The minimum atomic E-state index is -0.436. The SMILES string of the molecule is COC(=O)CC(C)(C)Cc1c(OC)c2c(n1C)C(=O)c1ccccc1C2=O. The molecular formula is C21H23NO5. The lowest BCUT2D eigenvalue weighted by Gasteiger charge is -2.24. The maximum atomic E-state index is 13.1. The summed E-state index contributed by atoms with van der Waals surface area (Å²) in [5.41, 5.74) is 1.70. The van der Waals surface area contributed by atoms with Gasteiger partial charge < -0.3 is 14.0 Å². The normalized spacial score (nSPS) is 13.2. The second kappa shape index (κ2) is 6.68. The van der Waals surface area contributed by atoms with Gasteiger partial charge in [-0.05, 0) is 11.8 Å². The maximum absolute atomic E-state index is 13.1. The van der Waals surface area contributed by atoms with Crippen molar-refractivity contribution in [2.45, 2.75) is 26.7 Å². The van der Waals surface area contributed by atoms with E-state index in [0.29, 0.717) is 40.2 Å². The maximum Gasteiger partial charge on any atom is 0.306 e. The molecule has 0 unspecified atom stereocenters. The number of ether oxygens (including phenoxy) is 2. The number of ketones is 2. The minimum Gasteiger partial charge on any atom is -0.494 e. The monoisotopic (exact) mass is 369 g/mol. The number of carbonyl (C=O) groups excluding carboxylic acids is 3. The molecule has 0 aliphatic heterocycles. The molecule has 1 heterocycles. The standard InChI is InChI=1S/C21H23NO5/c1-21(2,11-15(23)26-4)10-14-20(27-5)16-17(22(14)3)19(25)13-9-7-6-8-12(13)18(16)24/h6-9H,10-11H2,1-5H3. The largest absolute Gasteiger partial charge is 0.494 e. The number of hydrogen-bond acceptors (Lipinski definition) is 5.